The second kappa shape index (κ2) is 9.15. The zero-order chi connectivity index (χ0) is 14.9. The Hall–Kier alpha value is -0.940. The maximum atomic E-state index is 10.0. The number of rotatable bonds is 8. The fraction of sp³-hybridized carbons (Fsp3) is 0.647. The number of morpholine rings is 1. The molecule has 118 valence electrons. The van der Waals surface area contributed by atoms with E-state index in [1.54, 1.807) is 0 Å². The molecule has 2 N–H and O–H groups in total. The summed E-state index contributed by atoms with van der Waals surface area (Å²) in [5.41, 5.74) is 1.38. The molecule has 2 unspecified atom stereocenters. The van der Waals surface area contributed by atoms with E-state index in [1.165, 1.54) is 5.56 Å². The van der Waals surface area contributed by atoms with E-state index in [-0.39, 0.29) is 6.10 Å². The third kappa shape index (κ3) is 6.14. The monoisotopic (exact) mass is 292 g/mol. The summed E-state index contributed by atoms with van der Waals surface area (Å²) in [6.07, 6.45) is 0.795. The predicted octanol–water partition coefficient (Wildman–Crippen LogP) is 1.46. The standard InChI is InChI=1S/C17H28N2O2/c1-15(16-5-3-2-4-6-16)7-8-18-13-17(20)14-19-9-11-21-12-10-19/h2-6,15,17-18,20H,7-14H2,1H3. The summed E-state index contributed by atoms with van der Waals surface area (Å²) in [7, 11) is 0. The molecule has 0 amide bonds. The van der Waals surface area contributed by atoms with Gasteiger partial charge in [0.15, 0.2) is 0 Å². The number of aliphatic hydroxyl groups excluding tert-OH is 1. The van der Waals surface area contributed by atoms with Crippen LogP contribution < -0.4 is 5.32 Å². The molecule has 0 spiro atoms. The Bertz CT molecular complexity index is 380. The molecule has 1 aliphatic heterocycles. The van der Waals surface area contributed by atoms with Crippen LogP contribution in [0, 0.1) is 0 Å². The maximum Gasteiger partial charge on any atom is 0.0791 e. The molecule has 1 aromatic rings. The predicted molar refractivity (Wildman–Crippen MR) is 85.6 cm³/mol. The van der Waals surface area contributed by atoms with Crippen molar-refractivity contribution in [3.8, 4) is 0 Å². The fourth-order valence-corrected chi connectivity index (χ4v) is 2.68. The van der Waals surface area contributed by atoms with Gasteiger partial charge in [0.1, 0.15) is 0 Å². The van der Waals surface area contributed by atoms with Crippen molar-refractivity contribution in [2.24, 2.45) is 0 Å². The maximum absolute atomic E-state index is 10.0. The van der Waals surface area contributed by atoms with E-state index in [4.69, 9.17) is 4.74 Å². The van der Waals surface area contributed by atoms with Gasteiger partial charge in [-0.25, -0.2) is 0 Å². The Balaban J connectivity index is 1.56. The molecular weight excluding hydrogens is 264 g/mol. The Morgan fingerprint density at radius 1 is 1.24 bits per heavy atom. The molecule has 1 aliphatic rings. The molecule has 0 aromatic heterocycles. The molecule has 4 nitrogen and oxygen atoms in total. The number of nitrogens with one attached hydrogen (secondary N) is 1. The van der Waals surface area contributed by atoms with Gasteiger partial charge in [0, 0.05) is 26.2 Å². The van der Waals surface area contributed by atoms with Crippen molar-refractivity contribution in [1.82, 2.24) is 10.2 Å². The molecular formula is C17H28N2O2. The molecule has 2 atom stereocenters. The minimum atomic E-state index is -0.296. The van der Waals surface area contributed by atoms with Crippen LogP contribution in [0.5, 0.6) is 0 Å². The summed E-state index contributed by atoms with van der Waals surface area (Å²) in [6.45, 7) is 8.04. The molecule has 1 saturated heterocycles. The third-order valence-electron chi connectivity index (χ3n) is 4.08. The summed E-state index contributed by atoms with van der Waals surface area (Å²) in [4.78, 5) is 2.27. The number of β-amino-alcohol motifs (C(OH)–C–C–N with tert-alkyl or cyclic N) is 1. The van der Waals surface area contributed by atoms with E-state index < -0.39 is 0 Å². The van der Waals surface area contributed by atoms with Crippen LogP contribution in [0.4, 0.5) is 0 Å². The highest BCUT2D eigenvalue weighted by atomic mass is 16.5. The molecule has 0 saturated carbocycles. The van der Waals surface area contributed by atoms with E-state index in [9.17, 15) is 5.11 Å². The van der Waals surface area contributed by atoms with Crippen LogP contribution in [0.25, 0.3) is 0 Å². The topological polar surface area (TPSA) is 44.7 Å². The van der Waals surface area contributed by atoms with E-state index in [0.29, 0.717) is 12.5 Å². The smallest absolute Gasteiger partial charge is 0.0791 e. The van der Waals surface area contributed by atoms with E-state index >= 15 is 0 Å². The number of hydrogen-bond donors (Lipinski definition) is 2. The minimum absolute atomic E-state index is 0.296. The second-order valence-electron chi connectivity index (χ2n) is 5.87. The fourth-order valence-electron chi connectivity index (χ4n) is 2.68. The Labute approximate surface area is 128 Å². The quantitative estimate of drug-likeness (QED) is 0.712. The number of aliphatic hydroxyl groups is 1. The van der Waals surface area contributed by atoms with Crippen molar-refractivity contribution in [2.45, 2.75) is 25.4 Å². The molecule has 1 heterocycles. The first-order valence-electron chi connectivity index (χ1n) is 7.99. The lowest BCUT2D eigenvalue weighted by atomic mass is 9.98. The molecule has 1 fully saturated rings. The van der Waals surface area contributed by atoms with Gasteiger partial charge in [0.25, 0.3) is 0 Å². The van der Waals surface area contributed by atoms with E-state index in [2.05, 4.69) is 47.5 Å². The van der Waals surface area contributed by atoms with Gasteiger partial charge in [-0.2, -0.15) is 0 Å². The summed E-state index contributed by atoms with van der Waals surface area (Å²) in [6, 6.07) is 10.6. The zero-order valence-electron chi connectivity index (χ0n) is 13.0. The summed E-state index contributed by atoms with van der Waals surface area (Å²) >= 11 is 0. The molecule has 1 aromatic carbocycles. The van der Waals surface area contributed by atoms with Gasteiger partial charge >= 0.3 is 0 Å². The Morgan fingerprint density at radius 3 is 2.67 bits per heavy atom. The van der Waals surface area contributed by atoms with Gasteiger partial charge in [-0.15, -0.1) is 0 Å². The molecule has 0 aliphatic carbocycles. The highest BCUT2D eigenvalue weighted by Gasteiger charge is 2.14. The van der Waals surface area contributed by atoms with Crippen molar-refractivity contribution in [2.75, 3.05) is 45.9 Å². The van der Waals surface area contributed by atoms with Crippen molar-refractivity contribution < 1.29 is 9.84 Å². The second-order valence-corrected chi connectivity index (χ2v) is 5.87. The van der Waals surface area contributed by atoms with Gasteiger partial charge < -0.3 is 15.2 Å². The molecule has 0 radical (unpaired) electrons. The lowest BCUT2D eigenvalue weighted by molar-refractivity contribution is 0.0149. The van der Waals surface area contributed by atoms with Crippen LogP contribution in [0.3, 0.4) is 0 Å². The van der Waals surface area contributed by atoms with Crippen LogP contribution in [0.15, 0.2) is 30.3 Å². The molecule has 4 heteroatoms. The van der Waals surface area contributed by atoms with E-state index in [1.807, 2.05) is 0 Å². The van der Waals surface area contributed by atoms with Gasteiger partial charge in [-0.3, -0.25) is 4.90 Å². The zero-order valence-corrected chi connectivity index (χ0v) is 13.0. The summed E-state index contributed by atoms with van der Waals surface area (Å²) in [5, 5.41) is 13.4. The minimum Gasteiger partial charge on any atom is -0.390 e. The van der Waals surface area contributed by atoms with Gasteiger partial charge in [0.2, 0.25) is 0 Å². The number of benzene rings is 1. The number of ether oxygens (including phenoxy) is 1. The largest absolute Gasteiger partial charge is 0.390 e. The molecule has 2 rings (SSSR count). The van der Waals surface area contributed by atoms with Crippen molar-refractivity contribution in [3.05, 3.63) is 35.9 Å². The van der Waals surface area contributed by atoms with Crippen molar-refractivity contribution >= 4 is 0 Å². The first-order chi connectivity index (χ1) is 10.3. The lowest BCUT2D eigenvalue weighted by Crippen LogP contribution is -2.43. The number of nitrogens with zero attached hydrogens (tertiary/aromatic N) is 1. The normalized spacial score (nSPS) is 19.3. The van der Waals surface area contributed by atoms with Crippen LogP contribution in [0.1, 0.15) is 24.8 Å². The van der Waals surface area contributed by atoms with Gasteiger partial charge in [0.05, 0.1) is 19.3 Å². The first kappa shape index (κ1) is 16.4. The lowest BCUT2D eigenvalue weighted by Gasteiger charge is -2.28. The van der Waals surface area contributed by atoms with E-state index in [0.717, 1.165) is 45.8 Å². The summed E-state index contributed by atoms with van der Waals surface area (Å²) in [5.74, 6) is 0.551. The van der Waals surface area contributed by atoms with Crippen LogP contribution in [-0.4, -0.2) is 62.0 Å². The molecule has 21 heavy (non-hydrogen) atoms. The van der Waals surface area contributed by atoms with Gasteiger partial charge in [-0.05, 0) is 24.4 Å². The van der Waals surface area contributed by atoms with Crippen LogP contribution in [0.2, 0.25) is 0 Å². The average molecular weight is 292 g/mol. The Morgan fingerprint density at radius 2 is 1.95 bits per heavy atom. The van der Waals surface area contributed by atoms with Gasteiger partial charge in [-0.1, -0.05) is 37.3 Å². The highest BCUT2D eigenvalue weighted by Crippen LogP contribution is 2.17. The SMILES string of the molecule is CC(CCNCC(O)CN1CCOCC1)c1ccccc1. The summed E-state index contributed by atoms with van der Waals surface area (Å²) < 4.78 is 5.31. The first-order valence-corrected chi connectivity index (χ1v) is 7.99. The van der Waals surface area contributed by atoms with Crippen LogP contribution >= 0.6 is 0 Å². The highest BCUT2D eigenvalue weighted by molar-refractivity contribution is 5.18. The van der Waals surface area contributed by atoms with Crippen molar-refractivity contribution in [3.63, 3.8) is 0 Å². The molecule has 0 bridgehead atoms. The average Bonchev–Trinajstić information content (AvgIpc) is 2.53. The van der Waals surface area contributed by atoms with Crippen molar-refractivity contribution in [1.29, 1.82) is 0 Å². The van der Waals surface area contributed by atoms with Crippen LogP contribution in [-0.2, 0) is 4.74 Å². The Kier molecular flexibility index (Phi) is 7.16. The number of hydrogen-bond acceptors (Lipinski definition) is 4. The third-order valence-corrected chi connectivity index (χ3v) is 4.08.